The number of pyridine rings is 1. The van der Waals surface area contributed by atoms with Crippen molar-refractivity contribution in [2.45, 2.75) is 4.90 Å². The maximum absolute atomic E-state index is 13.1. The third-order valence-electron chi connectivity index (χ3n) is 3.73. The average molecular weight is 348 g/mol. The van der Waals surface area contributed by atoms with E-state index in [-0.39, 0.29) is 4.90 Å². The highest BCUT2D eigenvalue weighted by Gasteiger charge is 2.21. The minimum Gasteiger partial charge on any atom is -0.253 e. The monoisotopic (exact) mass is 348 g/mol. The first-order valence-corrected chi connectivity index (χ1v) is 8.68. The van der Waals surface area contributed by atoms with Gasteiger partial charge in [0.15, 0.2) is 0 Å². The van der Waals surface area contributed by atoms with Crippen LogP contribution >= 0.6 is 0 Å². The zero-order valence-corrected chi connectivity index (χ0v) is 13.3. The van der Waals surface area contributed by atoms with Gasteiger partial charge < -0.3 is 0 Å². The van der Waals surface area contributed by atoms with Crippen molar-refractivity contribution >= 4 is 21.2 Å². The summed E-state index contributed by atoms with van der Waals surface area (Å²) < 4.78 is 48.8. The number of rotatable bonds is 4. The van der Waals surface area contributed by atoms with Gasteiger partial charge in [0.1, 0.15) is 5.82 Å². The fourth-order valence-corrected chi connectivity index (χ4v) is 3.09. The molecule has 2 N–H and O–H groups in total. The first-order chi connectivity index (χ1) is 11.4. The van der Waals surface area contributed by atoms with Crippen molar-refractivity contribution in [3.8, 4) is 0 Å². The summed E-state index contributed by atoms with van der Waals surface area (Å²) in [5, 5.41) is 5.09. The molecule has 0 aliphatic heterocycles. The Hall–Kier alpha value is -2.38. The highest BCUT2D eigenvalue weighted by molar-refractivity contribution is 7.89. The number of alkyl halides is 1. The Labute approximate surface area is 138 Å². The Morgan fingerprint density at radius 3 is 2.25 bits per heavy atom. The second kappa shape index (κ2) is 6.26. The van der Waals surface area contributed by atoms with Crippen molar-refractivity contribution in [2.24, 2.45) is 11.1 Å². The van der Waals surface area contributed by atoms with Gasteiger partial charge in [-0.05, 0) is 35.4 Å². The van der Waals surface area contributed by atoms with Crippen LogP contribution < -0.4 is 5.14 Å². The van der Waals surface area contributed by atoms with Gasteiger partial charge in [0, 0.05) is 11.5 Å². The van der Waals surface area contributed by atoms with Crippen LogP contribution in [0.5, 0.6) is 0 Å². The summed E-state index contributed by atoms with van der Waals surface area (Å²) in [5.41, 5.74) is 2.63. The Kier molecular flexibility index (Phi) is 4.29. The molecule has 1 aromatic heterocycles. The topological polar surface area (TPSA) is 73.1 Å². The molecule has 0 radical (unpaired) electrons. The number of allylic oxidation sites excluding steroid dienone is 4. The lowest BCUT2D eigenvalue weighted by Crippen LogP contribution is -2.11. The molecule has 24 heavy (non-hydrogen) atoms. The van der Waals surface area contributed by atoms with Crippen molar-refractivity contribution in [3.63, 3.8) is 0 Å². The molecule has 1 unspecified atom stereocenters. The van der Waals surface area contributed by atoms with Crippen molar-refractivity contribution < 1.29 is 17.2 Å². The third kappa shape index (κ3) is 3.27. The van der Waals surface area contributed by atoms with Gasteiger partial charge in [-0.1, -0.05) is 24.3 Å². The van der Waals surface area contributed by atoms with Gasteiger partial charge in [0.2, 0.25) is 10.0 Å². The molecule has 0 saturated heterocycles. The van der Waals surface area contributed by atoms with E-state index in [4.69, 9.17) is 5.14 Å². The lowest BCUT2D eigenvalue weighted by atomic mass is 9.98. The van der Waals surface area contributed by atoms with Crippen LogP contribution in [0.4, 0.5) is 8.78 Å². The van der Waals surface area contributed by atoms with Crippen LogP contribution in [-0.2, 0) is 10.0 Å². The van der Waals surface area contributed by atoms with Crippen LogP contribution in [0.3, 0.4) is 0 Å². The molecular formula is C17H14F2N2O2S. The number of sulfonamides is 1. The molecule has 7 heteroatoms. The fourth-order valence-electron chi connectivity index (χ4n) is 2.58. The van der Waals surface area contributed by atoms with Crippen LogP contribution in [0.15, 0.2) is 59.6 Å². The van der Waals surface area contributed by atoms with E-state index in [0.717, 1.165) is 11.8 Å². The minimum absolute atomic E-state index is 0.00248. The highest BCUT2D eigenvalue weighted by Crippen LogP contribution is 2.38. The predicted octanol–water partition coefficient (Wildman–Crippen LogP) is 2.93. The highest BCUT2D eigenvalue weighted by atomic mass is 32.2. The van der Waals surface area contributed by atoms with Crippen molar-refractivity contribution in [3.05, 3.63) is 71.8 Å². The number of benzene rings is 1. The number of hydrogen-bond donors (Lipinski definition) is 1. The number of nitrogens with two attached hydrogens (primary N) is 1. The first kappa shape index (κ1) is 16.5. The number of halogens is 2. The molecule has 1 aliphatic carbocycles. The molecular weight excluding hydrogens is 334 g/mol. The quantitative estimate of drug-likeness (QED) is 0.923. The summed E-state index contributed by atoms with van der Waals surface area (Å²) in [5.74, 6) is -0.859. The second-order valence-electron chi connectivity index (χ2n) is 5.41. The van der Waals surface area contributed by atoms with Gasteiger partial charge in [0.05, 0.1) is 23.5 Å². The van der Waals surface area contributed by atoms with E-state index in [9.17, 15) is 17.2 Å². The van der Waals surface area contributed by atoms with Crippen LogP contribution in [-0.4, -0.2) is 20.1 Å². The maximum Gasteiger partial charge on any atom is 0.238 e. The number of hydrogen-bond acceptors (Lipinski definition) is 3. The molecule has 0 fully saturated rings. The molecule has 1 aromatic carbocycles. The summed E-state index contributed by atoms with van der Waals surface area (Å²) in [6.07, 6.45) is 4.57. The molecule has 3 rings (SSSR count). The van der Waals surface area contributed by atoms with E-state index in [0.29, 0.717) is 16.8 Å². The van der Waals surface area contributed by atoms with Gasteiger partial charge >= 0.3 is 0 Å². The Morgan fingerprint density at radius 2 is 1.71 bits per heavy atom. The average Bonchev–Trinajstić information content (AvgIpc) is 2.99. The summed E-state index contributed by atoms with van der Waals surface area (Å²) in [6, 6.07) is 8.79. The molecule has 1 aliphatic rings. The Balaban J connectivity index is 2.01. The van der Waals surface area contributed by atoms with Crippen LogP contribution in [0.1, 0.15) is 11.3 Å². The van der Waals surface area contributed by atoms with Gasteiger partial charge in [0.25, 0.3) is 0 Å². The number of aromatic nitrogens is 1. The summed E-state index contributed by atoms with van der Waals surface area (Å²) in [4.78, 5) is 4.04. The van der Waals surface area contributed by atoms with E-state index in [1.807, 2.05) is 0 Å². The summed E-state index contributed by atoms with van der Waals surface area (Å²) in [7, 11) is -3.78. The van der Waals surface area contributed by atoms with Crippen molar-refractivity contribution in [1.82, 2.24) is 4.98 Å². The smallest absolute Gasteiger partial charge is 0.238 e. The van der Waals surface area contributed by atoms with Crippen LogP contribution in [0.2, 0.25) is 0 Å². The van der Waals surface area contributed by atoms with E-state index in [1.54, 1.807) is 24.3 Å². The van der Waals surface area contributed by atoms with Gasteiger partial charge in [-0.25, -0.2) is 17.9 Å². The molecule has 0 bridgehead atoms. The molecule has 0 amide bonds. The Bertz CT molecular complexity index is 918. The summed E-state index contributed by atoms with van der Waals surface area (Å²) >= 11 is 0. The van der Waals surface area contributed by atoms with Gasteiger partial charge in [-0.2, -0.15) is 0 Å². The molecule has 1 heterocycles. The van der Waals surface area contributed by atoms with E-state index >= 15 is 0 Å². The minimum atomic E-state index is -3.78. The molecule has 1 atom stereocenters. The zero-order valence-electron chi connectivity index (χ0n) is 12.5. The SMILES string of the molecule is NS(=O)(=O)c1ccc(C2=CC(CF)C=C2c2ccc(F)cn2)cc1. The fraction of sp³-hybridized carbons (Fsp3) is 0.118. The standard InChI is InChI=1S/C17H14F2N2O2S/c18-9-11-7-15(12-1-4-14(5-2-12)24(20,22)23)16(8-11)17-6-3-13(19)10-21-17/h1-8,10-11H,9H2,(H2,20,22,23). The predicted molar refractivity (Wildman–Crippen MR) is 87.4 cm³/mol. The lowest BCUT2D eigenvalue weighted by Gasteiger charge is -2.09. The maximum atomic E-state index is 13.1. The molecule has 0 saturated carbocycles. The normalized spacial score (nSPS) is 17.5. The lowest BCUT2D eigenvalue weighted by molar-refractivity contribution is 0.455. The summed E-state index contributed by atoms with van der Waals surface area (Å²) in [6.45, 7) is -0.566. The van der Waals surface area contributed by atoms with Crippen molar-refractivity contribution in [2.75, 3.05) is 6.67 Å². The largest absolute Gasteiger partial charge is 0.253 e. The number of primary sulfonamides is 1. The van der Waals surface area contributed by atoms with Crippen LogP contribution in [0.25, 0.3) is 11.1 Å². The molecule has 0 spiro atoms. The Morgan fingerprint density at radius 1 is 1.04 bits per heavy atom. The third-order valence-corrected chi connectivity index (χ3v) is 4.66. The van der Waals surface area contributed by atoms with E-state index < -0.39 is 28.4 Å². The van der Waals surface area contributed by atoms with Gasteiger partial charge in [-0.15, -0.1) is 0 Å². The zero-order chi connectivity index (χ0) is 17.3. The van der Waals surface area contributed by atoms with Gasteiger partial charge in [-0.3, -0.25) is 9.37 Å². The molecule has 4 nitrogen and oxygen atoms in total. The van der Waals surface area contributed by atoms with Crippen molar-refractivity contribution in [1.29, 1.82) is 0 Å². The first-order valence-electron chi connectivity index (χ1n) is 7.13. The van der Waals surface area contributed by atoms with Crippen LogP contribution in [0, 0.1) is 11.7 Å². The molecule has 2 aromatic rings. The number of nitrogens with zero attached hydrogens (tertiary/aromatic N) is 1. The molecule has 124 valence electrons. The second-order valence-corrected chi connectivity index (χ2v) is 6.97. The van der Waals surface area contributed by atoms with E-state index in [2.05, 4.69) is 4.98 Å². The van der Waals surface area contributed by atoms with E-state index in [1.165, 1.54) is 24.3 Å².